The van der Waals surface area contributed by atoms with Crippen molar-refractivity contribution in [3.63, 3.8) is 0 Å². The molecule has 4 nitrogen and oxygen atoms in total. The number of hydrogen-bond acceptors (Lipinski definition) is 4. The maximum atomic E-state index is 5.63. The van der Waals surface area contributed by atoms with Crippen molar-refractivity contribution in [3.8, 4) is 0 Å². The van der Waals surface area contributed by atoms with E-state index < -0.39 is 0 Å². The molecule has 0 amide bonds. The van der Waals surface area contributed by atoms with E-state index in [0.29, 0.717) is 12.6 Å². The van der Waals surface area contributed by atoms with Crippen molar-refractivity contribution in [2.75, 3.05) is 18.1 Å². The third-order valence-corrected chi connectivity index (χ3v) is 3.75. The topological polar surface area (TPSA) is 50.9 Å². The molecule has 1 aliphatic rings. The van der Waals surface area contributed by atoms with Crippen LogP contribution in [0.4, 0.5) is 5.69 Å². The van der Waals surface area contributed by atoms with Gasteiger partial charge in [0.25, 0.3) is 6.02 Å². The van der Waals surface area contributed by atoms with Crippen molar-refractivity contribution in [3.05, 3.63) is 65.7 Å². The number of aliphatic imine (C=N–C) groups is 1. The molecule has 0 aliphatic carbocycles. The summed E-state index contributed by atoms with van der Waals surface area (Å²) in [5.74, 6) is 0. The van der Waals surface area contributed by atoms with Crippen molar-refractivity contribution in [2.45, 2.75) is 19.5 Å². The predicted octanol–water partition coefficient (Wildman–Crippen LogP) is 2.72. The first-order valence-electron chi connectivity index (χ1n) is 7.52. The second-order valence-electron chi connectivity index (χ2n) is 5.64. The Hall–Kier alpha value is -2.49. The summed E-state index contributed by atoms with van der Waals surface area (Å²) in [6, 6.07) is 19.4. The Labute approximate surface area is 131 Å². The normalized spacial score (nSPS) is 17.0. The molecule has 0 fully saturated rings. The third-order valence-electron chi connectivity index (χ3n) is 3.75. The van der Waals surface area contributed by atoms with Gasteiger partial charge in [0.1, 0.15) is 12.6 Å². The summed E-state index contributed by atoms with van der Waals surface area (Å²) in [7, 11) is 0. The molecule has 1 atom stereocenters. The number of nitrogens with two attached hydrogens (primary N) is 1. The Balaban J connectivity index is 1.81. The van der Waals surface area contributed by atoms with E-state index in [0.717, 1.165) is 13.1 Å². The van der Waals surface area contributed by atoms with Crippen LogP contribution in [0.1, 0.15) is 11.1 Å². The van der Waals surface area contributed by atoms with Crippen LogP contribution in [0, 0.1) is 6.92 Å². The van der Waals surface area contributed by atoms with E-state index in [4.69, 9.17) is 10.5 Å². The van der Waals surface area contributed by atoms with E-state index in [1.807, 2.05) is 6.07 Å². The van der Waals surface area contributed by atoms with Gasteiger partial charge in [-0.2, -0.15) is 0 Å². The minimum Gasteiger partial charge on any atom is -0.463 e. The van der Waals surface area contributed by atoms with Gasteiger partial charge in [0, 0.05) is 18.8 Å². The van der Waals surface area contributed by atoms with Crippen LogP contribution in [0.2, 0.25) is 0 Å². The second kappa shape index (κ2) is 6.52. The van der Waals surface area contributed by atoms with Gasteiger partial charge in [-0.25, -0.2) is 4.99 Å². The fraction of sp³-hybridized carbons (Fsp3) is 0.278. The monoisotopic (exact) mass is 295 g/mol. The molecule has 0 unspecified atom stereocenters. The molecule has 0 saturated heterocycles. The van der Waals surface area contributed by atoms with E-state index in [-0.39, 0.29) is 6.04 Å². The van der Waals surface area contributed by atoms with Gasteiger partial charge in [0.2, 0.25) is 0 Å². The first kappa shape index (κ1) is 14.4. The molecule has 1 heterocycles. The molecule has 1 aliphatic heterocycles. The molecule has 0 bridgehead atoms. The van der Waals surface area contributed by atoms with Crippen LogP contribution >= 0.6 is 0 Å². The Morgan fingerprint density at radius 2 is 2.00 bits per heavy atom. The maximum Gasteiger partial charge on any atom is 0.282 e. The highest BCUT2D eigenvalue weighted by Gasteiger charge is 2.20. The van der Waals surface area contributed by atoms with E-state index in [1.54, 1.807) is 0 Å². The molecule has 0 spiro atoms. The zero-order chi connectivity index (χ0) is 15.4. The number of anilines is 1. The molecule has 114 valence electrons. The minimum absolute atomic E-state index is 0.0872. The number of rotatable bonds is 5. The molecular formula is C18H21N3O. The number of aryl methyl sites for hydroxylation is 1. The Kier molecular flexibility index (Phi) is 4.28. The van der Waals surface area contributed by atoms with Crippen LogP contribution in [0.15, 0.2) is 59.6 Å². The summed E-state index contributed by atoms with van der Waals surface area (Å²) in [5, 5.41) is 0. The molecule has 22 heavy (non-hydrogen) atoms. The number of hydrogen-bond donors (Lipinski definition) is 1. The average molecular weight is 295 g/mol. The van der Waals surface area contributed by atoms with Crippen molar-refractivity contribution in [2.24, 2.45) is 10.7 Å². The first-order chi connectivity index (χ1) is 10.7. The lowest BCUT2D eigenvalue weighted by atomic mass is 10.1. The van der Waals surface area contributed by atoms with Crippen molar-refractivity contribution in [1.29, 1.82) is 0 Å². The van der Waals surface area contributed by atoms with Crippen LogP contribution < -0.4 is 10.6 Å². The molecule has 0 radical (unpaired) electrons. The van der Waals surface area contributed by atoms with Crippen molar-refractivity contribution >= 4 is 11.7 Å². The van der Waals surface area contributed by atoms with Crippen molar-refractivity contribution < 1.29 is 4.74 Å². The lowest BCUT2D eigenvalue weighted by Gasteiger charge is -2.27. The van der Waals surface area contributed by atoms with Gasteiger partial charge in [0.05, 0.1) is 0 Å². The zero-order valence-corrected chi connectivity index (χ0v) is 12.8. The highest BCUT2D eigenvalue weighted by molar-refractivity contribution is 5.73. The number of benzene rings is 2. The fourth-order valence-corrected chi connectivity index (χ4v) is 2.67. The number of ether oxygens (including phenoxy) is 1. The van der Waals surface area contributed by atoms with Crippen LogP contribution in [-0.2, 0) is 11.3 Å². The second-order valence-corrected chi connectivity index (χ2v) is 5.64. The van der Waals surface area contributed by atoms with Gasteiger partial charge in [-0.1, -0.05) is 42.5 Å². The van der Waals surface area contributed by atoms with E-state index in [2.05, 4.69) is 65.3 Å². The Bertz CT molecular complexity index is 654. The van der Waals surface area contributed by atoms with Crippen molar-refractivity contribution in [1.82, 2.24) is 0 Å². The van der Waals surface area contributed by atoms with Crippen LogP contribution in [0.5, 0.6) is 0 Å². The summed E-state index contributed by atoms with van der Waals surface area (Å²) in [6.45, 7) is 4.30. The molecular weight excluding hydrogens is 274 g/mol. The average Bonchev–Trinajstić information content (AvgIpc) is 2.93. The molecule has 2 N–H and O–H groups in total. The quantitative estimate of drug-likeness (QED) is 0.922. The Morgan fingerprint density at radius 1 is 1.18 bits per heavy atom. The van der Waals surface area contributed by atoms with Gasteiger partial charge in [-0.3, -0.25) is 0 Å². The standard InChI is InChI=1S/C18H21N3O/c1-14-6-5-9-17(10-14)21(11-15-7-3-2-4-8-15)12-16-13-22-18(19)20-16/h2-10,16H,11-13H2,1H3,(H2,19,20)/t16-/m0/s1. The van der Waals surface area contributed by atoms with Crippen LogP contribution in [-0.4, -0.2) is 25.2 Å². The summed E-state index contributed by atoms with van der Waals surface area (Å²) in [6.07, 6.45) is 0. The van der Waals surface area contributed by atoms with Crippen LogP contribution in [0.25, 0.3) is 0 Å². The summed E-state index contributed by atoms with van der Waals surface area (Å²) in [5.41, 5.74) is 9.35. The molecule has 2 aromatic rings. The van der Waals surface area contributed by atoms with E-state index >= 15 is 0 Å². The van der Waals surface area contributed by atoms with Gasteiger partial charge >= 0.3 is 0 Å². The molecule has 0 aromatic heterocycles. The number of nitrogens with zero attached hydrogens (tertiary/aromatic N) is 2. The largest absolute Gasteiger partial charge is 0.463 e. The van der Waals surface area contributed by atoms with Gasteiger partial charge in [0.15, 0.2) is 0 Å². The lowest BCUT2D eigenvalue weighted by molar-refractivity contribution is 0.313. The number of amidine groups is 1. The molecule has 0 saturated carbocycles. The third kappa shape index (κ3) is 3.58. The molecule has 2 aromatic carbocycles. The summed E-state index contributed by atoms with van der Waals surface area (Å²) < 4.78 is 5.28. The van der Waals surface area contributed by atoms with E-state index in [1.165, 1.54) is 16.8 Å². The van der Waals surface area contributed by atoms with Gasteiger partial charge in [-0.05, 0) is 30.2 Å². The Morgan fingerprint density at radius 3 is 2.68 bits per heavy atom. The predicted molar refractivity (Wildman–Crippen MR) is 90.0 cm³/mol. The van der Waals surface area contributed by atoms with Crippen LogP contribution in [0.3, 0.4) is 0 Å². The lowest BCUT2D eigenvalue weighted by Crippen LogP contribution is -2.32. The zero-order valence-electron chi connectivity index (χ0n) is 12.8. The van der Waals surface area contributed by atoms with E-state index in [9.17, 15) is 0 Å². The highest BCUT2D eigenvalue weighted by atomic mass is 16.5. The van der Waals surface area contributed by atoms with Gasteiger partial charge < -0.3 is 15.4 Å². The summed E-state index contributed by atoms with van der Waals surface area (Å²) in [4.78, 5) is 6.68. The minimum atomic E-state index is 0.0872. The smallest absolute Gasteiger partial charge is 0.282 e. The maximum absolute atomic E-state index is 5.63. The fourth-order valence-electron chi connectivity index (χ4n) is 2.67. The highest BCUT2D eigenvalue weighted by Crippen LogP contribution is 2.20. The molecule has 3 rings (SSSR count). The summed E-state index contributed by atoms with van der Waals surface area (Å²) >= 11 is 0. The SMILES string of the molecule is Cc1cccc(N(Cc2ccccc2)C[C@H]2COC(N)=N2)c1. The van der Waals surface area contributed by atoms with Gasteiger partial charge in [-0.15, -0.1) is 0 Å². The first-order valence-corrected chi connectivity index (χ1v) is 7.52. The molecule has 4 heteroatoms.